The Balaban J connectivity index is 0.00000512. The molecule has 0 aliphatic heterocycles. The number of hydrogen-bond acceptors (Lipinski definition) is 4. The highest BCUT2D eigenvalue weighted by atomic mass is 127. The Kier molecular flexibility index (Phi) is 13.3. The first-order chi connectivity index (χ1) is 14.9. The fourth-order valence-electron chi connectivity index (χ4n) is 3.22. The minimum absolute atomic E-state index is 0. The lowest BCUT2D eigenvalue weighted by Crippen LogP contribution is -2.38. The van der Waals surface area contributed by atoms with Crippen LogP contribution in [0.5, 0.6) is 5.75 Å². The summed E-state index contributed by atoms with van der Waals surface area (Å²) in [4.78, 5) is 4.53. The molecule has 1 atom stereocenters. The highest BCUT2D eigenvalue weighted by molar-refractivity contribution is 14.0. The second-order valence-corrected chi connectivity index (χ2v) is 9.77. The molecule has 0 bridgehead atoms. The number of methoxy groups -OCH3 is 1. The molecule has 1 unspecified atom stereocenters. The van der Waals surface area contributed by atoms with Crippen molar-refractivity contribution in [3.05, 3.63) is 65.7 Å². The van der Waals surface area contributed by atoms with E-state index in [0.717, 1.165) is 36.8 Å². The Morgan fingerprint density at radius 2 is 1.75 bits per heavy atom. The normalized spacial score (nSPS) is 12.5. The van der Waals surface area contributed by atoms with Gasteiger partial charge in [-0.2, -0.15) is 0 Å². The minimum atomic E-state index is -3.13. The number of nitrogens with zero attached hydrogens (tertiary/aromatic N) is 1. The van der Waals surface area contributed by atoms with Crippen molar-refractivity contribution in [1.82, 2.24) is 10.6 Å². The number of nitrogens with one attached hydrogen (secondary N) is 2. The Labute approximate surface area is 210 Å². The van der Waals surface area contributed by atoms with Crippen LogP contribution in [-0.2, 0) is 15.6 Å². The van der Waals surface area contributed by atoms with Crippen LogP contribution in [0.3, 0.4) is 0 Å². The Morgan fingerprint density at radius 3 is 2.38 bits per heavy atom. The van der Waals surface area contributed by atoms with E-state index in [1.165, 1.54) is 5.56 Å². The minimum Gasteiger partial charge on any atom is -0.497 e. The molecule has 0 saturated carbocycles. The number of aliphatic imine (C=N–C) groups is 1. The summed E-state index contributed by atoms with van der Waals surface area (Å²) in [6.07, 6.45) is 1.47. The van der Waals surface area contributed by atoms with Crippen molar-refractivity contribution in [3.63, 3.8) is 0 Å². The molecule has 0 radical (unpaired) electrons. The zero-order chi connectivity index (χ0) is 22.5. The van der Waals surface area contributed by atoms with Crippen LogP contribution in [0.1, 0.15) is 43.7 Å². The molecule has 2 N–H and O–H groups in total. The number of ether oxygens (including phenoxy) is 1. The quantitative estimate of drug-likeness (QED) is 0.171. The van der Waals surface area contributed by atoms with Gasteiger partial charge in [0.15, 0.2) is 15.8 Å². The maximum absolute atomic E-state index is 12.3. The second-order valence-electron chi connectivity index (χ2n) is 7.58. The number of hydrogen-bond donors (Lipinski definition) is 2. The molecular formula is C24H36IN3O3S. The molecule has 0 aliphatic rings. The van der Waals surface area contributed by atoms with Crippen LogP contribution in [0.2, 0.25) is 0 Å². The van der Waals surface area contributed by atoms with Crippen LogP contribution in [0.15, 0.2) is 59.6 Å². The van der Waals surface area contributed by atoms with Crippen molar-refractivity contribution in [3.8, 4) is 5.75 Å². The number of benzene rings is 2. The van der Waals surface area contributed by atoms with Crippen molar-refractivity contribution >= 4 is 39.8 Å². The summed E-state index contributed by atoms with van der Waals surface area (Å²) < 4.78 is 29.8. The van der Waals surface area contributed by atoms with Crippen molar-refractivity contribution in [2.45, 2.75) is 38.4 Å². The highest BCUT2D eigenvalue weighted by Crippen LogP contribution is 2.21. The average molecular weight is 574 g/mol. The standard InChI is InChI=1S/C24H35N3O3S.HI/c1-4-25-24(27-17-15-20(2)22-11-13-23(30-3)14-12-22)26-16-8-18-31(28,29)19-21-9-6-5-7-10-21;/h5-7,9-14,20H,4,8,15-19H2,1-3H3,(H2,25,26,27);1H. The van der Waals surface area contributed by atoms with Gasteiger partial charge in [0, 0.05) is 19.6 Å². The van der Waals surface area contributed by atoms with Crippen molar-refractivity contribution in [2.75, 3.05) is 32.5 Å². The van der Waals surface area contributed by atoms with E-state index in [2.05, 4.69) is 34.7 Å². The van der Waals surface area contributed by atoms with Crippen LogP contribution < -0.4 is 15.4 Å². The summed E-state index contributed by atoms with van der Waals surface area (Å²) in [5.41, 5.74) is 2.10. The third kappa shape index (κ3) is 10.7. The van der Waals surface area contributed by atoms with Crippen LogP contribution in [0.25, 0.3) is 0 Å². The van der Waals surface area contributed by atoms with E-state index in [9.17, 15) is 8.42 Å². The first-order valence-electron chi connectivity index (χ1n) is 10.8. The number of sulfone groups is 1. The predicted octanol–water partition coefficient (Wildman–Crippen LogP) is 4.37. The predicted molar refractivity (Wildman–Crippen MR) is 144 cm³/mol. The first kappa shape index (κ1) is 28.2. The van der Waals surface area contributed by atoms with Crippen molar-refractivity contribution in [1.29, 1.82) is 0 Å². The molecule has 0 aliphatic carbocycles. The summed E-state index contributed by atoms with van der Waals surface area (Å²) in [7, 11) is -1.46. The number of halogens is 1. The van der Waals surface area contributed by atoms with E-state index in [0.29, 0.717) is 18.9 Å². The van der Waals surface area contributed by atoms with E-state index in [1.54, 1.807) is 7.11 Å². The maximum atomic E-state index is 12.3. The third-order valence-electron chi connectivity index (χ3n) is 5.01. The fraction of sp³-hybridized carbons (Fsp3) is 0.458. The molecule has 0 spiro atoms. The molecule has 8 heteroatoms. The molecule has 2 rings (SSSR count). The number of guanidine groups is 1. The Bertz CT molecular complexity index is 904. The number of rotatable bonds is 12. The van der Waals surface area contributed by atoms with Gasteiger partial charge in [-0.3, -0.25) is 4.99 Å². The van der Waals surface area contributed by atoms with Crippen LogP contribution >= 0.6 is 24.0 Å². The molecule has 32 heavy (non-hydrogen) atoms. The van der Waals surface area contributed by atoms with Gasteiger partial charge in [0.1, 0.15) is 5.75 Å². The SMILES string of the molecule is CCNC(=NCCCS(=O)(=O)Cc1ccccc1)NCCC(C)c1ccc(OC)cc1.I. The molecule has 2 aromatic carbocycles. The van der Waals surface area contributed by atoms with Gasteiger partial charge in [-0.25, -0.2) is 8.42 Å². The Morgan fingerprint density at radius 1 is 1.06 bits per heavy atom. The lowest BCUT2D eigenvalue weighted by atomic mass is 9.98. The summed E-state index contributed by atoms with van der Waals surface area (Å²) in [6.45, 7) is 6.22. The summed E-state index contributed by atoms with van der Waals surface area (Å²) in [5.74, 6) is 2.22. The average Bonchev–Trinajstić information content (AvgIpc) is 2.77. The molecular weight excluding hydrogens is 537 g/mol. The molecule has 0 amide bonds. The maximum Gasteiger partial charge on any atom is 0.191 e. The zero-order valence-corrected chi connectivity index (χ0v) is 22.4. The summed E-state index contributed by atoms with van der Waals surface area (Å²) in [6, 6.07) is 17.5. The van der Waals surface area contributed by atoms with E-state index in [1.807, 2.05) is 49.4 Å². The van der Waals surface area contributed by atoms with Crippen LogP contribution in [-0.4, -0.2) is 46.9 Å². The lowest BCUT2D eigenvalue weighted by molar-refractivity contribution is 0.414. The highest BCUT2D eigenvalue weighted by Gasteiger charge is 2.11. The molecule has 2 aromatic rings. The second kappa shape index (κ2) is 15.1. The van der Waals surface area contributed by atoms with E-state index in [-0.39, 0.29) is 35.5 Å². The van der Waals surface area contributed by atoms with Gasteiger partial charge in [-0.05, 0) is 48.9 Å². The summed E-state index contributed by atoms with van der Waals surface area (Å²) in [5, 5.41) is 6.57. The fourth-order valence-corrected chi connectivity index (χ4v) is 4.64. The van der Waals surface area contributed by atoms with Crippen molar-refractivity contribution in [2.24, 2.45) is 4.99 Å². The van der Waals surface area contributed by atoms with Crippen molar-refractivity contribution < 1.29 is 13.2 Å². The smallest absolute Gasteiger partial charge is 0.191 e. The lowest BCUT2D eigenvalue weighted by Gasteiger charge is -2.15. The zero-order valence-electron chi connectivity index (χ0n) is 19.2. The van der Waals surface area contributed by atoms with E-state index in [4.69, 9.17) is 4.74 Å². The summed E-state index contributed by atoms with van der Waals surface area (Å²) >= 11 is 0. The molecule has 0 aromatic heterocycles. The molecule has 0 fully saturated rings. The van der Waals surface area contributed by atoms with Crippen LogP contribution in [0, 0.1) is 0 Å². The van der Waals surface area contributed by atoms with Gasteiger partial charge in [-0.15, -0.1) is 24.0 Å². The van der Waals surface area contributed by atoms with E-state index >= 15 is 0 Å². The van der Waals surface area contributed by atoms with E-state index < -0.39 is 9.84 Å². The molecule has 178 valence electrons. The Hall–Kier alpha value is -1.81. The molecule has 0 saturated heterocycles. The van der Waals surface area contributed by atoms with Gasteiger partial charge in [0.05, 0.1) is 18.6 Å². The largest absolute Gasteiger partial charge is 0.497 e. The topological polar surface area (TPSA) is 79.8 Å². The van der Waals surface area contributed by atoms with Gasteiger partial charge >= 0.3 is 0 Å². The first-order valence-corrected chi connectivity index (χ1v) is 12.7. The van der Waals surface area contributed by atoms with Crippen LogP contribution in [0.4, 0.5) is 0 Å². The monoisotopic (exact) mass is 573 g/mol. The van der Waals surface area contributed by atoms with Gasteiger partial charge in [0.2, 0.25) is 0 Å². The van der Waals surface area contributed by atoms with Gasteiger partial charge < -0.3 is 15.4 Å². The van der Waals surface area contributed by atoms with Gasteiger partial charge in [0.25, 0.3) is 0 Å². The van der Waals surface area contributed by atoms with Gasteiger partial charge in [-0.1, -0.05) is 49.4 Å². The molecule has 6 nitrogen and oxygen atoms in total. The third-order valence-corrected chi connectivity index (χ3v) is 6.70. The molecule has 0 heterocycles.